The summed E-state index contributed by atoms with van der Waals surface area (Å²) in [7, 11) is -3.85. The molecule has 2 rings (SSSR count). The average molecular weight is 381 g/mol. The molecule has 2 aromatic rings. The molecule has 0 fully saturated rings. The summed E-state index contributed by atoms with van der Waals surface area (Å²) >= 11 is 5.86. The zero-order chi connectivity index (χ0) is 18.4. The van der Waals surface area contributed by atoms with Crippen molar-refractivity contribution in [3.8, 4) is 0 Å². The summed E-state index contributed by atoms with van der Waals surface area (Å²) in [6.45, 7) is 3.91. The van der Waals surface area contributed by atoms with Gasteiger partial charge >= 0.3 is 0 Å². The van der Waals surface area contributed by atoms with Crippen molar-refractivity contribution in [2.24, 2.45) is 5.92 Å². The van der Waals surface area contributed by atoms with Crippen molar-refractivity contribution in [1.29, 1.82) is 0 Å². The first-order valence-corrected chi connectivity index (χ1v) is 9.75. The zero-order valence-electron chi connectivity index (χ0n) is 14.1. The molecule has 0 aliphatic heterocycles. The Balaban J connectivity index is 2.10. The van der Waals surface area contributed by atoms with E-state index in [1.165, 1.54) is 12.1 Å². The maximum atomic E-state index is 12.5. The molecular weight excluding hydrogens is 360 g/mol. The Morgan fingerprint density at radius 3 is 2.36 bits per heavy atom. The highest BCUT2D eigenvalue weighted by Gasteiger charge is 2.28. The van der Waals surface area contributed by atoms with Gasteiger partial charge in [0, 0.05) is 11.6 Å². The summed E-state index contributed by atoms with van der Waals surface area (Å²) in [6, 6.07) is 14.5. The highest BCUT2D eigenvalue weighted by atomic mass is 35.5. The van der Waals surface area contributed by atoms with Gasteiger partial charge in [-0.05, 0) is 29.7 Å². The monoisotopic (exact) mass is 380 g/mol. The van der Waals surface area contributed by atoms with Crippen LogP contribution in [0.1, 0.15) is 19.4 Å². The van der Waals surface area contributed by atoms with Gasteiger partial charge in [0.25, 0.3) is 0 Å². The molecule has 0 aromatic heterocycles. The van der Waals surface area contributed by atoms with Gasteiger partial charge in [-0.3, -0.25) is 4.79 Å². The number of nitrogens with one attached hydrogen (secondary N) is 2. The lowest BCUT2D eigenvalue weighted by molar-refractivity contribution is -0.123. The predicted molar refractivity (Wildman–Crippen MR) is 98.7 cm³/mol. The number of carbonyl (C=O) groups is 1. The lowest BCUT2D eigenvalue weighted by atomic mass is 10.0. The van der Waals surface area contributed by atoms with E-state index in [-0.39, 0.29) is 16.7 Å². The van der Waals surface area contributed by atoms with Crippen LogP contribution in [-0.2, 0) is 21.4 Å². The summed E-state index contributed by atoms with van der Waals surface area (Å²) in [5.41, 5.74) is 0.941. The number of benzene rings is 2. The van der Waals surface area contributed by atoms with Gasteiger partial charge in [0.1, 0.15) is 6.04 Å². The van der Waals surface area contributed by atoms with Crippen molar-refractivity contribution < 1.29 is 13.2 Å². The Kier molecular flexibility index (Phi) is 6.58. The fourth-order valence-electron chi connectivity index (χ4n) is 2.26. The Labute approximate surface area is 153 Å². The fourth-order valence-corrected chi connectivity index (χ4v) is 3.90. The largest absolute Gasteiger partial charge is 0.351 e. The van der Waals surface area contributed by atoms with Crippen LogP contribution < -0.4 is 10.0 Å². The van der Waals surface area contributed by atoms with Crippen LogP contribution >= 0.6 is 11.6 Å². The Hall–Kier alpha value is -1.89. The molecule has 0 spiro atoms. The van der Waals surface area contributed by atoms with Gasteiger partial charge in [0.2, 0.25) is 15.9 Å². The molecule has 0 aliphatic rings. The maximum absolute atomic E-state index is 12.5. The molecule has 25 heavy (non-hydrogen) atoms. The van der Waals surface area contributed by atoms with E-state index in [1.54, 1.807) is 26.0 Å². The molecule has 0 saturated heterocycles. The van der Waals surface area contributed by atoms with Crippen molar-refractivity contribution in [2.45, 2.75) is 31.3 Å². The summed E-state index contributed by atoms with van der Waals surface area (Å²) < 4.78 is 27.5. The highest BCUT2D eigenvalue weighted by Crippen LogP contribution is 2.17. The third kappa shape index (κ3) is 5.56. The number of amides is 1. The second-order valence-corrected chi connectivity index (χ2v) is 8.15. The summed E-state index contributed by atoms with van der Waals surface area (Å²) in [6.07, 6.45) is 0. The van der Waals surface area contributed by atoms with Crippen molar-refractivity contribution >= 4 is 27.5 Å². The molecule has 0 bridgehead atoms. The SMILES string of the molecule is CC(C)[C@@H](NS(=O)(=O)c1cccc(Cl)c1)C(=O)NCc1ccccc1. The van der Waals surface area contributed by atoms with E-state index in [0.717, 1.165) is 5.56 Å². The molecule has 0 unspecified atom stereocenters. The van der Waals surface area contributed by atoms with Crippen LogP contribution in [0.25, 0.3) is 0 Å². The minimum Gasteiger partial charge on any atom is -0.351 e. The fraction of sp³-hybridized carbons (Fsp3) is 0.278. The van der Waals surface area contributed by atoms with E-state index in [0.29, 0.717) is 11.6 Å². The molecule has 1 atom stereocenters. The molecule has 2 N–H and O–H groups in total. The third-order valence-corrected chi connectivity index (χ3v) is 5.32. The van der Waals surface area contributed by atoms with Gasteiger partial charge in [-0.25, -0.2) is 8.42 Å². The van der Waals surface area contributed by atoms with Crippen LogP contribution in [0.5, 0.6) is 0 Å². The second-order valence-electron chi connectivity index (χ2n) is 6.00. The Morgan fingerprint density at radius 2 is 1.76 bits per heavy atom. The molecule has 2 aromatic carbocycles. The van der Waals surface area contributed by atoms with E-state index in [1.807, 2.05) is 30.3 Å². The molecular formula is C18H21ClN2O3S. The average Bonchev–Trinajstić information content (AvgIpc) is 2.58. The zero-order valence-corrected chi connectivity index (χ0v) is 15.6. The molecule has 5 nitrogen and oxygen atoms in total. The number of sulfonamides is 1. The van der Waals surface area contributed by atoms with Gasteiger partial charge < -0.3 is 5.32 Å². The molecule has 134 valence electrons. The number of hydrogen-bond acceptors (Lipinski definition) is 3. The standard InChI is InChI=1S/C18H21ClN2O3S/c1-13(2)17(18(22)20-12-14-7-4-3-5-8-14)21-25(23,24)16-10-6-9-15(19)11-16/h3-11,13,17,21H,12H2,1-2H3,(H,20,22)/t17-/m1/s1. The van der Waals surface area contributed by atoms with E-state index >= 15 is 0 Å². The van der Waals surface area contributed by atoms with Crippen LogP contribution in [0.4, 0.5) is 0 Å². The predicted octanol–water partition coefficient (Wildman–Crippen LogP) is 2.96. The summed E-state index contributed by atoms with van der Waals surface area (Å²) in [4.78, 5) is 12.5. The minimum absolute atomic E-state index is 0.0292. The topological polar surface area (TPSA) is 75.3 Å². The first kappa shape index (κ1) is 19.4. The molecule has 0 saturated carbocycles. The van der Waals surface area contributed by atoms with Gasteiger partial charge in [-0.1, -0.05) is 61.8 Å². The summed E-state index contributed by atoms with van der Waals surface area (Å²) in [5.74, 6) is -0.589. The van der Waals surface area contributed by atoms with Crippen molar-refractivity contribution in [1.82, 2.24) is 10.0 Å². The molecule has 7 heteroatoms. The third-order valence-electron chi connectivity index (χ3n) is 3.65. The van der Waals surface area contributed by atoms with Crippen LogP contribution in [0.3, 0.4) is 0 Å². The van der Waals surface area contributed by atoms with Gasteiger partial charge in [0.15, 0.2) is 0 Å². The van der Waals surface area contributed by atoms with E-state index < -0.39 is 16.1 Å². The maximum Gasteiger partial charge on any atom is 0.241 e. The quantitative estimate of drug-likeness (QED) is 0.775. The Bertz CT molecular complexity index is 823. The number of rotatable bonds is 7. The lowest BCUT2D eigenvalue weighted by Crippen LogP contribution is -2.49. The Morgan fingerprint density at radius 1 is 1.08 bits per heavy atom. The van der Waals surface area contributed by atoms with Crippen LogP contribution in [0.2, 0.25) is 5.02 Å². The van der Waals surface area contributed by atoms with E-state index in [9.17, 15) is 13.2 Å². The normalized spacial score (nSPS) is 12.8. The number of hydrogen-bond donors (Lipinski definition) is 2. The van der Waals surface area contributed by atoms with Gasteiger partial charge in [-0.15, -0.1) is 0 Å². The highest BCUT2D eigenvalue weighted by molar-refractivity contribution is 7.89. The first-order chi connectivity index (χ1) is 11.8. The molecule has 0 heterocycles. The first-order valence-electron chi connectivity index (χ1n) is 7.89. The van der Waals surface area contributed by atoms with Crippen molar-refractivity contribution in [3.63, 3.8) is 0 Å². The number of halogens is 1. The second kappa shape index (κ2) is 8.47. The van der Waals surface area contributed by atoms with Crippen LogP contribution in [0, 0.1) is 5.92 Å². The van der Waals surface area contributed by atoms with E-state index in [4.69, 9.17) is 11.6 Å². The lowest BCUT2D eigenvalue weighted by Gasteiger charge is -2.21. The molecule has 0 radical (unpaired) electrons. The van der Waals surface area contributed by atoms with Crippen LogP contribution in [0.15, 0.2) is 59.5 Å². The van der Waals surface area contributed by atoms with Crippen molar-refractivity contribution in [3.05, 3.63) is 65.2 Å². The minimum atomic E-state index is -3.85. The van der Waals surface area contributed by atoms with Crippen molar-refractivity contribution in [2.75, 3.05) is 0 Å². The number of carbonyl (C=O) groups excluding carboxylic acids is 1. The van der Waals surface area contributed by atoms with Gasteiger partial charge in [-0.2, -0.15) is 4.72 Å². The van der Waals surface area contributed by atoms with Gasteiger partial charge in [0.05, 0.1) is 4.90 Å². The molecule has 0 aliphatic carbocycles. The smallest absolute Gasteiger partial charge is 0.241 e. The summed E-state index contributed by atoms with van der Waals surface area (Å²) in [5, 5.41) is 3.09. The molecule has 1 amide bonds. The van der Waals surface area contributed by atoms with E-state index in [2.05, 4.69) is 10.0 Å². The van der Waals surface area contributed by atoms with Crippen LogP contribution in [-0.4, -0.2) is 20.4 Å².